The highest BCUT2D eigenvalue weighted by molar-refractivity contribution is 6.43. The first kappa shape index (κ1) is 10.0. The van der Waals surface area contributed by atoms with E-state index in [9.17, 15) is 4.79 Å². The van der Waals surface area contributed by atoms with Crippen molar-refractivity contribution in [1.82, 2.24) is 0 Å². The number of rotatable bonds is 3. The molecular formula is C9H9NO4. The molecule has 0 saturated heterocycles. The van der Waals surface area contributed by atoms with Gasteiger partial charge in [0.2, 0.25) is 0 Å². The lowest BCUT2D eigenvalue weighted by Gasteiger charge is -2.05. The minimum absolute atomic E-state index is 0.241. The summed E-state index contributed by atoms with van der Waals surface area (Å²) in [6, 6.07) is 6.41. The van der Waals surface area contributed by atoms with Crippen LogP contribution < -0.4 is 4.74 Å². The summed E-state index contributed by atoms with van der Waals surface area (Å²) in [7, 11) is 1.41. The maximum absolute atomic E-state index is 10.7. The van der Waals surface area contributed by atoms with E-state index in [0.29, 0.717) is 5.75 Å². The molecule has 0 unspecified atom stereocenters. The standard InChI is InChI=1S/C9H9NO4/c1-14-7-5-3-2-4-6(7)8(10-13)9(11)12/h2-5,13H,1H3,(H,11,12)/b10-8+. The molecule has 0 aliphatic carbocycles. The first-order valence-corrected chi connectivity index (χ1v) is 3.79. The molecule has 0 radical (unpaired) electrons. The summed E-state index contributed by atoms with van der Waals surface area (Å²) in [4.78, 5) is 10.7. The van der Waals surface area contributed by atoms with E-state index < -0.39 is 11.7 Å². The minimum Gasteiger partial charge on any atom is -0.496 e. The highest BCUT2D eigenvalue weighted by Gasteiger charge is 2.16. The number of para-hydroxylation sites is 1. The van der Waals surface area contributed by atoms with Gasteiger partial charge in [-0.2, -0.15) is 0 Å². The molecule has 1 aromatic carbocycles. The zero-order valence-corrected chi connectivity index (χ0v) is 7.47. The Bertz CT molecular complexity index is 373. The van der Waals surface area contributed by atoms with Gasteiger partial charge < -0.3 is 15.1 Å². The normalized spacial score (nSPS) is 11.1. The molecule has 0 saturated carbocycles. The van der Waals surface area contributed by atoms with E-state index in [2.05, 4.69) is 5.16 Å². The molecule has 14 heavy (non-hydrogen) atoms. The lowest BCUT2D eigenvalue weighted by Crippen LogP contribution is -2.15. The fraction of sp³-hybridized carbons (Fsp3) is 0.111. The first-order chi connectivity index (χ1) is 6.70. The summed E-state index contributed by atoms with van der Waals surface area (Å²) in [6.45, 7) is 0. The van der Waals surface area contributed by atoms with E-state index in [4.69, 9.17) is 15.1 Å². The van der Waals surface area contributed by atoms with Crippen molar-refractivity contribution in [2.24, 2.45) is 5.16 Å². The molecule has 2 N–H and O–H groups in total. The summed E-state index contributed by atoms with van der Waals surface area (Å²) in [5, 5.41) is 19.9. The molecule has 0 heterocycles. The lowest BCUT2D eigenvalue weighted by atomic mass is 10.1. The zero-order valence-electron chi connectivity index (χ0n) is 7.47. The number of carboxylic acid groups (broad SMARTS) is 1. The fourth-order valence-corrected chi connectivity index (χ4v) is 1.05. The maximum Gasteiger partial charge on any atom is 0.358 e. The molecule has 0 bridgehead atoms. The predicted molar refractivity (Wildman–Crippen MR) is 49.0 cm³/mol. The maximum atomic E-state index is 10.7. The number of carboxylic acids is 1. The van der Waals surface area contributed by atoms with Crippen LogP contribution in [-0.4, -0.2) is 29.1 Å². The fourth-order valence-electron chi connectivity index (χ4n) is 1.05. The van der Waals surface area contributed by atoms with Crippen LogP contribution in [0.25, 0.3) is 0 Å². The van der Waals surface area contributed by atoms with Gasteiger partial charge in [-0.15, -0.1) is 0 Å². The van der Waals surface area contributed by atoms with Crippen molar-refractivity contribution in [3.8, 4) is 5.75 Å². The lowest BCUT2D eigenvalue weighted by molar-refractivity contribution is -0.129. The highest BCUT2D eigenvalue weighted by atomic mass is 16.5. The average Bonchev–Trinajstić information content (AvgIpc) is 2.19. The molecule has 0 fully saturated rings. The molecule has 0 amide bonds. The minimum atomic E-state index is -1.31. The number of hydrogen-bond donors (Lipinski definition) is 2. The number of methoxy groups -OCH3 is 1. The van der Waals surface area contributed by atoms with E-state index in [0.717, 1.165) is 0 Å². The summed E-state index contributed by atoms with van der Waals surface area (Å²) >= 11 is 0. The molecule has 0 aliphatic heterocycles. The van der Waals surface area contributed by atoms with Crippen molar-refractivity contribution in [3.63, 3.8) is 0 Å². The number of ether oxygens (including phenoxy) is 1. The summed E-state index contributed by atoms with van der Waals surface area (Å²) < 4.78 is 4.92. The third-order valence-electron chi connectivity index (χ3n) is 1.66. The van der Waals surface area contributed by atoms with Gasteiger partial charge in [0.15, 0.2) is 5.71 Å². The molecule has 0 spiro atoms. The molecule has 74 valence electrons. The number of aliphatic carboxylic acids is 1. The highest BCUT2D eigenvalue weighted by Crippen LogP contribution is 2.18. The van der Waals surface area contributed by atoms with Gasteiger partial charge in [-0.3, -0.25) is 0 Å². The van der Waals surface area contributed by atoms with Crippen LogP contribution in [0.2, 0.25) is 0 Å². The van der Waals surface area contributed by atoms with Crippen LogP contribution in [0.3, 0.4) is 0 Å². The van der Waals surface area contributed by atoms with E-state index in [1.807, 2.05) is 0 Å². The van der Waals surface area contributed by atoms with Crippen LogP contribution in [0.1, 0.15) is 5.56 Å². The number of benzene rings is 1. The number of nitrogens with zero attached hydrogens (tertiary/aromatic N) is 1. The summed E-state index contributed by atoms with van der Waals surface area (Å²) in [6.07, 6.45) is 0. The number of hydrogen-bond acceptors (Lipinski definition) is 4. The molecule has 0 atom stereocenters. The Morgan fingerprint density at radius 3 is 2.57 bits per heavy atom. The Kier molecular flexibility index (Phi) is 3.06. The van der Waals surface area contributed by atoms with E-state index >= 15 is 0 Å². The van der Waals surface area contributed by atoms with Crippen LogP contribution in [0.5, 0.6) is 5.75 Å². The SMILES string of the molecule is COc1ccccc1/C(=N\O)C(=O)O. The van der Waals surface area contributed by atoms with Gasteiger partial charge >= 0.3 is 5.97 Å². The van der Waals surface area contributed by atoms with Crippen molar-refractivity contribution < 1.29 is 19.8 Å². The molecule has 0 aromatic heterocycles. The van der Waals surface area contributed by atoms with Crippen molar-refractivity contribution in [1.29, 1.82) is 0 Å². The molecule has 5 heteroatoms. The van der Waals surface area contributed by atoms with E-state index in [1.165, 1.54) is 13.2 Å². The van der Waals surface area contributed by atoms with Crippen LogP contribution in [0, 0.1) is 0 Å². The van der Waals surface area contributed by atoms with Gasteiger partial charge in [0.05, 0.1) is 12.7 Å². The summed E-state index contributed by atoms with van der Waals surface area (Å²) in [5.74, 6) is -0.959. The Hall–Kier alpha value is -2.04. The average molecular weight is 195 g/mol. The molecule has 1 rings (SSSR count). The van der Waals surface area contributed by atoms with Crippen molar-refractivity contribution in [2.75, 3.05) is 7.11 Å². The topological polar surface area (TPSA) is 79.1 Å². The quantitative estimate of drug-likeness (QED) is 0.427. The molecule has 0 aliphatic rings. The van der Waals surface area contributed by atoms with E-state index in [1.54, 1.807) is 18.2 Å². The van der Waals surface area contributed by atoms with Crippen molar-refractivity contribution in [3.05, 3.63) is 29.8 Å². The van der Waals surface area contributed by atoms with Gasteiger partial charge in [0.1, 0.15) is 5.75 Å². The van der Waals surface area contributed by atoms with Crippen molar-refractivity contribution >= 4 is 11.7 Å². The van der Waals surface area contributed by atoms with E-state index in [-0.39, 0.29) is 5.56 Å². The number of carbonyl (C=O) groups is 1. The van der Waals surface area contributed by atoms with Gasteiger partial charge in [0.25, 0.3) is 0 Å². The second-order valence-corrected chi connectivity index (χ2v) is 2.45. The largest absolute Gasteiger partial charge is 0.496 e. The second-order valence-electron chi connectivity index (χ2n) is 2.45. The van der Waals surface area contributed by atoms with Crippen LogP contribution in [0.15, 0.2) is 29.4 Å². The first-order valence-electron chi connectivity index (χ1n) is 3.79. The Morgan fingerprint density at radius 2 is 2.07 bits per heavy atom. The van der Waals surface area contributed by atoms with Crippen LogP contribution in [0.4, 0.5) is 0 Å². The molecule has 1 aromatic rings. The Morgan fingerprint density at radius 1 is 1.43 bits per heavy atom. The zero-order chi connectivity index (χ0) is 10.6. The summed E-state index contributed by atoms with van der Waals surface area (Å²) in [5.41, 5.74) is -0.201. The predicted octanol–water partition coefficient (Wildman–Crippen LogP) is 0.958. The third kappa shape index (κ3) is 1.82. The van der Waals surface area contributed by atoms with Crippen LogP contribution in [-0.2, 0) is 4.79 Å². The van der Waals surface area contributed by atoms with Crippen LogP contribution >= 0.6 is 0 Å². The second kappa shape index (κ2) is 4.27. The molecular weight excluding hydrogens is 186 g/mol. The van der Waals surface area contributed by atoms with Crippen molar-refractivity contribution in [2.45, 2.75) is 0 Å². The monoisotopic (exact) mass is 195 g/mol. The molecule has 5 nitrogen and oxygen atoms in total. The number of oxime groups is 1. The van der Waals surface area contributed by atoms with Gasteiger partial charge in [-0.25, -0.2) is 4.79 Å². The van der Waals surface area contributed by atoms with Gasteiger partial charge in [0, 0.05) is 0 Å². The smallest absolute Gasteiger partial charge is 0.358 e. The van der Waals surface area contributed by atoms with Gasteiger partial charge in [-0.1, -0.05) is 17.3 Å². The third-order valence-corrected chi connectivity index (χ3v) is 1.66. The van der Waals surface area contributed by atoms with Gasteiger partial charge in [-0.05, 0) is 12.1 Å². The Balaban J connectivity index is 3.23. The Labute approximate surface area is 80.2 Å².